The number of ether oxygens (including phenoxy) is 2. The van der Waals surface area contributed by atoms with Crippen LogP contribution in [0.25, 0.3) is 10.8 Å². The molecule has 0 saturated carbocycles. The second-order valence-corrected chi connectivity index (χ2v) is 8.30. The van der Waals surface area contributed by atoms with E-state index in [4.69, 9.17) is 9.47 Å². The number of aldehydes is 1. The molecule has 3 aromatic carbocycles. The Morgan fingerprint density at radius 2 is 1.87 bits per heavy atom. The van der Waals surface area contributed by atoms with Crippen LogP contribution in [0.4, 0.5) is 10.1 Å². The fourth-order valence-electron chi connectivity index (χ4n) is 3.24. The number of fused-ring (bicyclic) bond motifs is 1. The van der Waals surface area contributed by atoms with E-state index in [2.05, 4.69) is 0 Å². The van der Waals surface area contributed by atoms with Gasteiger partial charge in [0, 0.05) is 5.39 Å². The van der Waals surface area contributed by atoms with Gasteiger partial charge >= 0.3 is 10.2 Å². The van der Waals surface area contributed by atoms with E-state index in [0.717, 1.165) is 5.56 Å². The van der Waals surface area contributed by atoms with Crippen molar-refractivity contribution in [3.63, 3.8) is 0 Å². The van der Waals surface area contributed by atoms with E-state index >= 15 is 4.39 Å². The second-order valence-electron chi connectivity index (χ2n) is 6.71. The fraction of sp³-hybridized carbons (Fsp3) is 0.143. The van der Waals surface area contributed by atoms with Gasteiger partial charge in [-0.3, -0.25) is 9.59 Å². The van der Waals surface area contributed by atoms with Crippen molar-refractivity contribution in [3.05, 3.63) is 66.0 Å². The lowest BCUT2D eigenvalue weighted by molar-refractivity contribution is -0.117. The summed E-state index contributed by atoms with van der Waals surface area (Å²) in [5.74, 6) is -1.47. The molecule has 0 radical (unpaired) electrons. The van der Waals surface area contributed by atoms with Crippen molar-refractivity contribution in [2.24, 2.45) is 0 Å². The molecule has 10 heteroatoms. The first-order valence-electron chi connectivity index (χ1n) is 9.22. The predicted molar refractivity (Wildman–Crippen MR) is 111 cm³/mol. The smallest absolute Gasteiger partial charge is 0.326 e. The third-order valence-electron chi connectivity index (χ3n) is 4.61. The molecule has 1 heterocycles. The summed E-state index contributed by atoms with van der Waals surface area (Å²) >= 11 is 0. The van der Waals surface area contributed by atoms with E-state index in [0.29, 0.717) is 16.0 Å². The van der Waals surface area contributed by atoms with Crippen LogP contribution in [0.15, 0.2) is 54.6 Å². The Morgan fingerprint density at radius 1 is 1.10 bits per heavy atom. The average molecular weight is 444 g/mol. The molecule has 160 valence electrons. The van der Waals surface area contributed by atoms with E-state index in [1.165, 1.54) is 12.1 Å². The summed E-state index contributed by atoms with van der Waals surface area (Å²) in [5, 5.41) is 0.485. The molecule has 0 spiro atoms. The maximum Gasteiger partial charge on any atom is 0.326 e. The van der Waals surface area contributed by atoms with Gasteiger partial charge in [0.05, 0.1) is 0 Å². The minimum Gasteiger partial charge on any atom is -0.487 e. The highest BCUT2D eigenvalue weighted by Crippen LogP contribution is 2.40. The van der Waals surface area contributed by atoms with Crippen molar-refractivity contribution in [2.45, 2.75) is 6.61 Å². The number of benzene rings is 3. The highest BCUT2D eigenvalue weighted by Gasteiger charge is 2.38. The lowest BCUT2D eigenvalue weighted by Gasteiger charge is -2.21. The van der Waals surface area contributed by atoms with E-state index in [1.807, 2.05) is 35.1 Å². The highest BCUT2D eigenvalue weighted by atomic mass is 32.2. The zero-order chi connectivity index (χ0) is 22.0. The van der Waals surface area contributed by atoms with Crippen molar-refractivity contribution in [1.29, 1.82) is 0 Å². The molecule has 0 unspecified atom stereocenters. The van der Waals surface area contributed by atoms with Crippen LogP contribution in [-0.2, 0) is 26.4 Å². The fourth-order valence-corrected chi connectivity index (χ4v) is 4.40. The average Bonchev–Trinajstić information content (AvgIpc) is 3.03. The van der Waals surface area contributed by atoms with Crippen LogP contribution >= 0.6 is 0 Å². The van der Waals surface area contributed by atoms with E-state index in [-0.39, 0.29) is 35.8 Å². The van der Waals surface area contributed by atoms with E-state index < -0.39 is 28.5 Å². The summed E-state index contributed by atoms with van der Waals surface area (Å²) in [6.07, 6.45) is 0.556. The molecule has 0 bridgehead atoms. The van der Waals surface area contributed by atoms with Gasteiger partial charge in [0.25, 0.3) is 5.91 Å². The Balaban J connectivity index is 1.83. The zero-order valence-corrected chi connectivity index (χ0v) is 16.9. The number of carbonyl (C=O) groups is 2. The third kappa shape index (κ3) is 4.15. The number of anilines is 1. The number of halogens is 1. The van der Waals surface area contributed by atoms with Gasteiger partial charge in [-0.05, 0) is 29.1 Å². The molecule has 1 fully saturated rings. The summed E-state index contributed by atoms with van der Waals surface area (Å²) in [7, 11) is -4.27. The van der Waals surface area contributed by atoms with Crippen LogP contribution in [0.3, 0.4) is 0 Å². The standard InChI is InChI=1S/C21H17FN2O6S/c22-20-17-11-16(29-9-8-25)7-6-15(17)10-18(30-13-14-4-2-1-3-5-14)21(20)24-12-19(26)23-31(24,27)28/h1-8,10-11H,9,12-13H2,(H,23,26). The minimum absolute atomic E-state index is 0.0320. The topological polar surface area (TPSA) is 102 Å². The largest absolute Gasteiger partial charge is 0.487 e. The van der Waals surface area contributed by atoms with Gasteiger partial charge < -0.3 is 9.47 Å². The SMILES string of the molecule is O=CCOc1ccc2cc(OCc3ccccc3)c(N3CC(=O)NS3(=O)=O)c(F)c2c1. The molecule has 1 aliphatic rings. The van der Waals surface area contributed by atoms with Crippen molar-refractivity contribution >= 4 is 38.9 Å². The number of rotatable bonds is 7. The van der Waals surface area contributed by atoms with Crippen LogP contribution in [-0.4, -0.2) is 33.8 Å². The first kappa shape index (κ1) is 20.6. The maximum atomic E-state index is 15.6. The van der Waals surface area contributed by atoms with Gasteiger partial charge in [0.15, 0.2) is 12.1 Å². The molecule has 31 heavy (non-hydrogen) atoms. The van der Waals surface area contributed by atoms with Gasteiger partial charge in [0.1, 0.15) is 36.9 Å². The first-order chi connectivity index (χ1) is 14.9. The molecule has 1 saturated heterocycles. The Morgan fingerprint density at radius 3 is 2.55 bits per heavy atom. The summed E-state index contributed by atoms with van der Waals surface area (Å²) in [5.41, 5.74) is 0.416. The molecule has 3 aromatic rings. The minimum atomic E-state index is -4.27. The molecule has 4 rings (SSSR count). The monoisotopic (exact) mass is 444 g/mol. The molecule has 1 N–H and O–H groups in total. The van der Waals surface area contributed by atoms with Gasteiger partial charge in [0.2, 0.25) is 0 Å². The lowest BCUT2D eigenvalue weighted by atomic mass is 10.1. The van der Waals surface area contributed by atoms with Gasteiger partial charge in [-0.1, -0.05) is 36.4 Å². The molecule has 0 atom stereocenters. The summed E-state index contributed by atoms with van der Waals surface area (Å²) < 4.78 is 53.9. The molecule has 8 nitrogen and oxygen atoms in total. The number of nitrogens with zero attached hydrogens (tertiary/aromatic N) is 1. The van der Waals surface area contributed by atoms with Crippen LogP contribution in [0.5, 0.6) is 11.5 Å². The van der Waals surface area contributed by atoms with Crippen LogP contribution < -0.4 is 18.5 Å². The van der Waals surface area contributed by atoms with Gasteiger partial charge in [-0.15, -0.1) is 0 Å². The Hall–Kier alpha value is -3.66. The summed E-state index contributed by atoms with van der Waals surface area (Å²) in [6.45, 7) is -0.723. The number of amides is 1. The Labute approximate surface area is 177 Å². The third-order valence-corrected chi connectivity index (χ3v) is 5.99. The molecular weight excluding hydrogens is 427 g/mol. The quantitative estimate of drug-likeness (QED) is 0.561. The summed E-state index contributed by atoms with van der Waals surface area (Å²) in [6, 6.07) is 15.1. The zero-order valence-electron chi connectivity index (χ0n) is 16.1. The van der Waals surface area contributed by atoms with Crippen LogP contribution in [0, 0.1) is 5.82 Å². The lowest BCUT2D eigenvalue weighted by Crippen LogP contribution is -2.30. The number of nitrogens with one attached hydrogen (secondary N) is 1. The van der Waals surface area contributed by atoms with Crippen LogP contribution in [0.1, 0.15) is 5.56 Å². The summed E-state index contributed by atoms with van der Waals surface area (Å²) in [4.78, 5) is 22.3. The molecule has 0 aliphatic carbocycles. The molecule has 0 aromatic heterocycles. The van der Waals surface area contributed by atoms with Crippen molar-refractivity contribution in [2.75, 3.05) is 17.5 Å². The van der Waals surface area contributed by atoms with E-state index in [9.17, 15) is 18.0 Å². The van der Waals surface area contributed by atoms with Crippen molar-refractivity contribution < 1.29 is 31.9 Å². The van der Waals surface area contributed by atoms with Crippen molar-refractivity contribution in [3.8, 4) is 11.5 Å². The first-order valence-corrected chi connectivity index (χ1v) is 10.7. The second kappa shape index (κ2) is 8.23. The Bertz CT molecular complexity index is 1260. The molecule has 1 aliphatic heterocycles. The van der Waals surface area contributed by atoms with Crippen LogP contribution in [0.2, 0.25) is 0 Å². The number of hydrogen-bond donors (Lipinski definition) is 1. The number of hydrogen-bond acceptors (Lipinski definition) is 6. The maximum absolute atomic E-state index is 15.6. The number of carbonyl (C=O) groups excluding carboxylic acids is 2. The van der Waals surface area contributed by atoms with E-state index in [1.54, 1.807) is 12.1 Å². The van der Waals surface area contributed by atoms with Gasteiger partial charge in [-0.25, -0.2) is 13.4 Å². The Kier molecular flexibility index (Phi) is 5.47. The molecule has 1 amide bonds. The predicted octanol–water partition coefficient (Wildman–Crippen LogP) is 2.32. The van der Waals surface area contributed by atoms with Crippen molar-refractivity contribution in [1.82, 2.24) is 4.72 Å². The van der Waals surface area contributed by atoms with Gasteiger partial charge in [-0.2, -0.15) is 8.42 Å². The highest BCUT2D eigenvalue weighted by molar-refractivity contribution is 7.92. The normalized spacial score (nSPS) is 15.0. The molecular formula is C21H17FN2O6S.